The lowest BCUT2D eigenvalue weighted by Gasteiger charge is -2.18. The van der Waals surface area contributed by atoms with Crippen molar-refractivity contribution in [3.05, 3.63) is 89.5 Å². The molecule has 0 aliphatic carbocycles. The van der Waals surface area contributed by atoms with Gasteiger partial charge in [-0.25, -0.2) is 0 Å². The Morgan fingerprint density at radius 2 is 1.62 bits per heavy atom. The number of amides is 1. The number of carbonyl (C=O) groups excluding carboxylic acids is 1. The maximum absolute atomic E-state index is 13.1. The van der Waals surface area contributed by atoms with Crippen molar-refractivity contribution in [2.75, 3.05) is 11.1 Å². The monoisotopic (exact) mass is 362 g/mol. The van der Waals surface area contributed by atoms with Crippen LogP contribution in [0.25, 0.3) is 0 Å². The predicted molar refractivity (Wildman–Crippen MR) is 110 cm³/mol. The number of nitrogens with one attached hydrogen (secondary N) is 1. The van der Waals surface area contributed by atoms with Crippen LogP contribution in [-0.4, -0.2) is 5.91 Å². The fraction of sp³-hybridized carbons (Fsp3) is 0.136. The molecule has 0 heterocycles. The molecule has 0 fully saturated rings. The SMILES string of the molecule is Cc1cc(C)cc(NC(=O)C(Sc2cccc(N)c2)c2ccccc2)c1. The number of hydrogen-bond acceptors (Lipinski definition) is 3. The number of anilines is 2. The Morgan fingerprint density at radius 3 is 2.27 bits per heavy atom. The highest BCUT2D eigenvalue weighted by molar-refractivity contribution is 8.00. The molecule has 0 aromatic heterocycles. The molecule has 26 heavy (non-hydrogen) atoms. The number of carbonyl (C=O) groups is 1. The second kappa shape index (κ2) is 8.11. The minimum Gasteiger partial charge on any atom is -0.399 e. The van der Waals surface area contributed by atoms with Gasteiger partial charge in [0.2, 0.25) is 5.91 Å². The summed E-state index contributed by atoms with van der Waals surface area (Å²) in [6.07, 6.45) is 0. The lowest BCUT2D eigenvalue weighted by Crippen LogP contribution is -2.19. The molecule has 1 atom stereocenters. The molecule has 1 unspecified atom stereocenters. The van der Waals surface area contributed by atoms with Crippen molar-refractivity contribution in [2.24, 2.45) is 0 Å². The highest BCUT2D eigenvalue weighted by atomic mass is 32.2. The molecule has 3 rings (SSSR count). The standard InChI is InChI=1S/C22H22N2OS/c1-15-11-16(2)13-19(12-15)24-22(25)21(17-7-4-3-5-8-17)26-20-10-6-9-18(23)14-20/h3-14,21H,23H2,1-2H3,(H,24,25). The van der Waals surface area contributed by atoms with Gasteiger partial charge in [0.25, 0.3) is 0 Å². The van der Waals surface area contributed by atoms with Crippen LogP contribution in [0.5, 0.6) is 0 Å². The molecule has 0 bridgehead atoms. The van der Waals surface area contributed by atoms with Crippen molar-refractivity contribution in [1.29, 1.82) is 0 Å². The van der Waals surface area contributed by atoms with Gasteiger partial charge in [-0.3, -0.25) is 4.79 Å². The minimum atomic E-state index is -0.362. The number of nitrogen functional groups attached to an aromatic ring is 1. The Bertz CT molecular complexity index is 889. The molecular weight excluding hydrogens is 340 g/mol. The van der Waals surface area contributed by atoms with Crippen LogP contribution in [0.3, 0.4) is 0 Å². The Kier molecular flexibility index (Phi) is 5.64. The molecule has 3 aromatic rings. The summed E-state index contributed by atoms with van der Waals surface area (Å²) in [4.78, 5) is 14.0. The van der Waals surface area contributed by atoms with E-state index in [0.717, 1.165) is 27.3 Å². The van der Waals surface area contributed by atoms with E-state index >= 15 is 0 Å². The van der Waals surface area contributed by atoms with E-state index in [1.807, 2.05) is 80.6 Å². The molecule has 0 saturated heterocycles. The number of hydrogen-bond donors (Lipinski definition) is 2. The molecule has 132 valence electrons. The molecule has 4 heteroatoms. The summed E-state index contributed by atoms with van der Waals surface area (Å²) in [5.74, 6) is -0.0476. The normalized spacial score (nSPS) is 11.8. The fourth-order valence-electron chi connectivity index (χ4n) is 2.88. The Labute approximate surface area is 158 Å². The summed E-state index contributed by atoms with van der Waals surface area (Å²) in [7, 11) is 0. The molecular formula is C22H22N2OS. The van der Waals surface area contributed by atoms with Crippen LogP contribution in [0.15, 0.2) is 77.7 Å². The summed E-state index contributed by atoms with van der Waals surface area (Å²) in [5, 5.41) is 2.70. The van der Waals surface area contributed by atoms with E-state index in [1.165, 1.54) is 11.8 Å². The molecule has 3 nitrogen and oxygen atoms in total. The molecule has 3 aromatic carbocycles. The van der Waals surface area contributed by atoms with E-state index in [2.05, 4.69) is 11.4 Å². The third-order valence-corrected chi connectivity index (χ3v) is 5.19. The van der Waals surface area contributed by atoms with Crippen molar-refractivity contribution in [2.45, 2.75) is 24.0 Å². The lowest BCUT2D eigenvalue weighted by molar-refractivity contribution is -0.115. The van der Waals surface area contributed by atoms with Crippen LogP contribution in [-0.2, 0) is 4.79 Å². The van der Waals surface area contributed by atoms with Crippen molar-refractivity contribution >= 4 is 29.0 Å². The second-order valence-corrected chi connectivity index (χ2v) is 7.53. The average molecular weight is 362 g/mol. The van der Waals surface area contributed by atoms with Gasteiger partial charge in [-0.05, 0) is 60.9 Å². The fourth-order valence-corrected chi connectivity index (χ4v) is 3.97. The molecule has 0 aliphatic rings. The highest BCUT2D eigenvalue weighted by Crippen LogP contribution is 2.37. The van der Waals surface area contributed by atoms with Crippen molar-refractivity contribution in [3.8, 4) is 0 Å². The van der Waals surface area contributed by atoms with E-state index in [9.17, 15) is 4.79 Å². The Hall–Kier alpha value is -2.72. The Morgan fingerprint density at radius 1 is 0.923 bits per heavy atom. The van der Waals surface area contributed by atoms with Crippen LogP contribution in [0.1, 0.15) is 21.9 Å². The molecule has 1 amide bonds. The first-order valence-electron chi connectivity index (χ1n) is 8.47. The average Bonchev–Trinajstić information content (AvgIpc) is 2.59. The van der Waals surface area contributed by atoms with Crippen LogP contribution in [0.4, 0.5) is 11.4 Å². The predicted octanol–water partition coefficient (Wildman–Crippen LogP) is 5.36. The summed E-state index contributed by atoms with van der Waals surface area (Å²) in [5.41, 5.74) is 10.6. The van der Waals surface area contributed by atoms with Gasteiger partial charge in [0.05, 0.1) is 0 Å². The number of rotatable bonds is 5. The van der Waals surface area contributed by atoms with Gasteiger partial charge >= 0.3 is 0 Å². The van der Waals surface area contributed by atoms with E-state index in [0.29, 0.717) is 5.69 Å². The minimum absolute atomic E-state index is 0.0476. The van der Waals surface area contributed by atoms with E-state index < -0.39 is 0 Å². The number of aryl methyl sites for hydroxylation is 2. The van der Waals surface area contributed by atoms with E-state index in [-0.39, 0.29) is 11.2 Å². The van der Waals surface area contributed by atoms with Crippen LogP contribution in [0, 0.1) is 13.8 Å². The van der Waals surface area contributed by atoms with Crippen LogP contribution < -0.4 is 11.1 Å². The zero-order valence-corrected chi connectivity index (χ0v) is 15.7. The highest BCUT2D eigenvalue weighted by Gasteiger charge is 2.22. The topological polar surface area (TPSA) is 55.1 Å². The summed E-state index contributed by atoms with van der Waals surface area (Å²) in [6.45, 7) is 4.05. The summed E-state index contributed by atoms with van der Waals surface area (Å²) >= 11 is 1.50. The van der Waals surface area contributed by atoms with Gasteiger partial charge in [0.1, 0.15) is 5.25 Å². The first kappa shape index (κ1) is 18.1. The summed E-state index contributed by atoms with van der Waals surface area (Å²) in [6, 6.07) is 23.5. The van der Waals surface area contributed by atoms with Gasteiger partial charge in [-0.2, -0.15) is 0 Å². The maximum atomic E-state index is 13.1. The largest absolute Gasteiger partial charge is 0.399 e. The third kappa shape index (κ3) is 4.67. The van der Waals surface area contributed by atoms with Crippen molar-refractivity contribution < 1.29 is 4.79 Å². The smallest absolute Gasteiger partial charge is 0.242 e. The lowest BCUT2D eigenvalue weighted by atomic mass is 10.1. The molecule has 0 spiro atoms. The molecule has 0 saturated carbocycles. The van der Waals surface area contributed by atoms with Gasteiger partial charge in [-0.1, -0.05) is 42.5 Å². The number of thioether (sulfide) groups is 1. The van der Waals surface area contributed by atoms with Gasteiger partial charge < -0.3 is 11.1 Å². The zero-order valence-electron chi connectivity index (χ0n) is 14.9. The maximum Gasteiger partial charge on any atom is 0.242 e. The van der Waals surface area contributed by atoms with E-state index in [4.69, 9.17) is 5.73 Å². The van der Waals surface area contributed by atoms with Gasteiger partial charge in [0.15, 0.2) is 0 Å². The first-order valence-corrected chi connectivity index (χ1v) is 9.35. The second-order valence-electron chi connectivity index (χ2n) is 6.35. The number of nitrogens with two attached hydrogens (primary N) is 1. The Balaban J connectivity index is 1.88. The summed E-state index contributed by atoms with van der Waals surface area (Å²) < 4.78 is 0. The van der Waals surface area contributed by atoms with Gasteiger partial charge in [0, 0.05) is 16.3 Å². The first-order chi connectivity index (χ1) is 12.5. The quantitative estimate of drug-likeness (QED) is 0.475. The van der Waals surface area contributed by atoms with Crippen LogP contribution in [0.2, 0.25) is 0 Å². The van der Waals surface area contributed by atoms with E-state index in [1.54, 1.807) is 0 Å². The van der Waals surface area contributed by atoms with Gasteiger partial charge in [-0.15, -0.1) is 11.8 Å². The number of benzene rings is 3. The molecule has 0 aliphatic heterocycles. The zero-order chi connectivity index (χ0) is 18.5. The van der Waals surface area contributed by atoms with Crippen LogP contribution >= 0.6 is 11.8 Å². The van der Waals surface area contributed by atoms with Crippen molar-refractivity contribution in [3.63, 3.8) is 0 Å². The van der Waals surface area contributed by atoms with Crippen molar-refractivity contribution in [1.82, 2.24) is 0 Å². The molecule has 3 N–H and O–H groups in total. The third-order valence-electron chi connectivity index (χ3n) is 3.94. The molecule has 0 radical (unpaired) electrons.